The van der Waals surface area contributed by atoms with Crippen molar-refractivity contribution in [3.05, 3.63) is 24.0 Å². The van der Waals surface area contributed by atoms with Gasteiger partial charge in [0.2, 0.25) is 0 Å². The van der Waals surface area contributed by atoms with E-state index in [1.807, 2.05) is 34.7 Å². The van der Waals surface area contributed by atoms with Gasteiger partial charge in [-0.15, -0.1) is 0 Å². The van der Waals surface area contributed by atoms with E-state index >= 15 is 0 Å². The molecule has 2 rings (SSSR count). The SMILES string of the molecule is CCn1cccc1C(=O)N1CCC(OCC(=O)O)CC1. The summed E-state index contributed by atoms with van der Waals surface area (Å²) in [6.45, 7) is 3.72. The summed E-state index contributed by atoms with van der Waals surface area (Å²) in [4.78, 5) is 24.6. The van der Waals surface area contributed by atoms with Gasteiger partial charge in [0.05, 0.1) is 6.10 Å². The lowest BCUT2D eigenvalue weighted by molar-refractivity contribution is -0.145. The minimum Gasteiger partial charge on any atom is -0.480 e. The molecule has 1 aliphatic rings. The summed E-state index contributed by atoms with van der Waals surface area (Å²) in [7, 11) is 0. The topological polar surface area (TPSA) is 71.8 Å². The van der Waals surface area contributed by atoms with Gasteiger partial charge in [0.15, 0.2) is 0 Å². The fraction of sp³-hybridized carbons (Fsp3) is 0.571. The van der Waals surface area contributed by atoms with Crippen molar-refractivity contribution in [3.8, 4) is 0 Å². The summed E-state index contributed by atoms with van der Waals surface area (Å²) in [6, 6.07) is 3.71. The highest BCUT2D eigenvalue weighted by Gasteiger charge is 2.25. The predicted molar refractivity (Wildman–Crippen MR) is 72.6 cm³/mol. The van der Waals surface area contributed by atoms with Crippen LogP contribution in [-0.2, 0) is 16.1 Å². The first-order chi connectivity index (χ1) is 9.61. The Labute approximate surface area is 117 Å². The van der Waals surface area contributed by atoms with Crippen LogP contribution in [0, 0.1) is 0 Å². The Morgan fingerprint density at radius 3 is 2.70 bits per heavy atom. The molecule has 0 radical (unpaired) electrons. The Kier molecular flexibility index (Phi) is 4.79. The lowest BCUT2D eigenvalue weighted by atomic mass is 10.1. The summed E-state index contributed by atoms with van der Waals surface area (Å²) in [5.41, 5.74) is 0.706. The van der Waals surface area contributed by atoms with E-state index in [9.17, 15) is 9.59 Å². The molecule has 6 nitrogen and oxygen atoms in total. The monoisotopic (exact) mass is 280 g/mol. The van der Waals surface area contributed by atoms with Crippen LogP contribution in [0.4, 0.5) is 0 Å². The maximum Gasteiger partial charge on any atom is 0.329 e. The van der Waals surface area contributed by atoms with E-state index in [4.69, 9.17) is 9.84 Å². The maximum absolute atomic E-state index is 12.4. The van der Waals surface area contributed by atoms with Crippen LogP contribution in [0.25, 0.3) is 0 Å². The fourth-order valence-electron chi connectivity index (χ4n) is 2.46. The number of hydrogen-bond acceptors (Lipinski definition) is 3. The van der Waals surface area contributed by atoms with Crippen LogP contribution in [0.5, 0.6) is 0 Å². The molecule has 0 bridgehead atoms. The lowest BCUT2D eigenvalue weighted by Gasteiger charge is -2.31. The minimum absolute atomic E-state index is 0.0357. The summed E-state index contributed by atoms with van der Waals surface area (Å²) in [6.07, 6.45) is 3.21. The van der Waals surface area contributed by atoms with Crippen LogP contribution < -0.4 is 0 Å². The van der Waals surface area contributed by atoms with E-state index in [1.165, 1.54) is 0 Å². The number of likely N-dealkylation sites (tertiary alicyclic amines) is 1. The predicted octanol–water partition coefficient (Wildman–Crippen LogP) is 1.21. The van der Waals surface area contributed by atoms with Gasteiger partial charge in [0.25, 0.3) is 5.91 Å². The number of aromatic nitrogens is 1. The van der Waals surface area contributed by atoms with Crippen LogP contribution in [0.1, 0.15) is 30.3 Å². The van der Waals surface area contributed by atoms with Gasteiger partial charge in [-0.3, -0.25) is 4.79 Å². The van der Waals surface area contributed by atoms with Gasteiger partial charge in [-0.2, -0.15) is 0 Å². The largest absolute Gasteiger partial charge is 0.480 e. The number of carbonyl (C=O) groups excluding carboxylic acids is 1. The number of nitrogens with zero attached hydrogens (tertiary/aromatic N) is 2. The second kappa shape index (κ2) is 6.56. The number of carboxylic acid groups (broad SMARTS) is 1. The molecule has 1 aromatic rings. The van der Waals surface area contributed by atoms with Crippen molar-refractivity contribution in [2.75, 3.05) is 19.7 Å². The second-order valence-corrected chi connectivity index (χ2v) is 4.88. The molecule has 110 valence electrons. The minimum atomic E-state index is -0.954. The molecule has 0 aromatic carbocycles. The van der Waals surface area contributed by atoms with Gasteiger partial charge in [-0.25, -0.2) is 4.79 Å². The average Bonchev–Trinajstić information content (AvgIpc) is 2.93. The zero-order valence-corrected chi connectivity index (χ0v) is 11.6. The molecule has 6 heteroatoms. The molecule has 0 saturated carbocycles. The molecule has 1 N–H and O–H groups in total. The Morgan fingerprint density at radius 2 is 2.10 bits per heavy atom. The molecular formula is C14H20N2O4. The smallest absolute Gasteiger partial charge is 0.329 e. The van der Waals surface area contributed by atoms with Crippen LogP contribution in [0.2, 0.25) is 0 Å². The third kappa shape index (κ3) is 3.39. The standard InChI is InChI=1S/C14H20N2O4/c1-2-15-7-3-4-12(15)14(19)16-8-5-11(6-9-16)20-10-13(17)18/h3-4,7,11H,2,5-6,8-10H2,1H3,(H,17,18). The van der Waals surface area contributed by atoms with Crippen molar-refractivity contribution in [2.24, 2.45) is 0 Å². The van der Waals surface area contributed by atoms with Crippen molar-refractivity contribution in [1.29, 1.82) is 0 Å². The van der Waals surface area contributed by atoms with Crippen LogP contribution in [-0.4, -0.2) is 52.3 Å². The van der Waals surface area contributed by atoms with Gasteiger partial charge >= 0.3 is 5.97 Å². The number of aliphatic carboxylic acids is 1. The Morgan fingerprint density at radius 1 is 1.40 bits per heavy atom. The van der Waals surface area contributed by atoms with Crippen LogP contribution in [0.3, 0.4) is 0 Å². The van der Waals surface area contributed by atoms with Crippen molar-refractivity contribution in [3.63, 3.8) is 0 Å². The van der Waals surface area contributed by atoms with E-state index in [0.717, 1.165) is 6.54 Å². The summed E-state index contributed by atoms with van der Waals surface area (Å²) < 4.78 is 7.19. The van der Waals surface area contributed by atoms with Crippen molar-refractivity contribution >= 4 is 11.9 Å². The molecule has 1 saturated heterocycles. The van der Waals surface area contributed by atoms with E-state index in [-0.39, 0.29) is 18.6 Å². The first-order valence-corrected chi connectivity index (χ1v) is 6.89. The molecule has 1 fully saturated rings. The van der Waals surface area contributed by atoms with Gasteiger partial charge in [-0.1, -0.05) is 0 Å². The highest BCUT2D eigenvalue weighted by molar-refractivity contribution is 5.92. The zero-order valence-electron chi connectivity index (χ0n) is 11.6. The molecule has 0 unspecified atom stereocenters. The number of ether oxygens (including phenoxy) is 1. The average molecular weight is 280 g/mol. The summed E-state index contributed by atoms with van der Waals surface area (Å²) >= 11 is 0. The number of rotatable bonds is 5. The number of piperidine rings is 1. The number of hydrogen-bond donors (Lipinski definition) is 1. The number of aryl methyl sites for hydroxylation is 1. The molecule has 1 aromatic heterocycles. The fourth-order valence-corrected chi connectivity index (χ4v) is 2.46. The first kappa shape index (κ1) is 14.6. The summed E-state index contributed by atoms with van der Waals surface area (Å²) in [5, 5.41) is 8.57. The van der Waals surface area contributed by atoms with Crippen molar-refractivity contribution < 1.29 is 19.4 Å². The summed E-state index contributed by atoms with van der Waals surface area (Å²) in [5.74, 6) is -0.919. The van der Waals surface area contributed by atoms with E-state index in [2.05, 4.69) is 0 Å². The van der Waals surface area contributed by atoms with Crippen LogP contribution >= 0.6 is 0 Å². The zero-order chi connectivity index (χ0) is 14.5. The maximum atomic E-state index is 12.4. The van der Waals surface area contributed by atoms with E-state index in [1.54, 1.807) is 0 Å². The molecule has 0 aliphatic carbocycles. The quantitative estimate of drug-likeness (QED) is 0.880. The molecule has 2 heterocycles. The molecule has 0 atom stereocenters. The van der Waals surface area contributed by atoms with Gasteiger partial charge in [0.1, 0.15) is 12.3 Å². The van der Waals surface area contributed by atoms with E-state index < -0.39 is 5.97 Å². The third-order valence-electron chi connectivity index (χ3n) is 3.56. The highest BCUT2D eigenvalue weighted by atomic mass is 16.5. The number of carbonyl (C=O) groups is 2. The number of amides is 1. The third-order valence-corrected chi connectivity index (χ3v) is 3.56. The molecule has 20 heavy (non-hydrogen) atoms. The van der Waals surface area contributed by atoms with Crippen molar-refractivity contribution in [2.45, 2.75) is 32.4 Å². The lowest BCUT2D eigenvalue weighted by Crippen LogP contribution is -2.41. The molecule has 1 aliphatic heterocycles. The van der Waals surface area contributed by atoms with Gasteiger partial charge in [-0.05, 0) is 31.9 Å². The van der Waals surface area contributed by atoms with E-state index in [0.29, 0.717) is 31.6 Å². The molecule has 1 amide bonds. The van der Waals surface area contributed by atoms with Crippen molar-refractivity contribution in [1.82, 2.24) is 9.47 Å². The Bertz CT molecular complexity index is 475. The normalized spacial score (nSPS) is 16.4. The highest BCUT2D eigenvalue weighted by Crippen LogP contribution is 2.16. The number of carboxylic acids is 1. The first-order valence-electron chi connectivity index (χ1n) is 6.89. The Balaban J connectivity index is 1.87. The second-order valence-electron chi connectivity index (χ2n) is 4.88. The van der Waals surface area contributed by atoms with Gasteiger partial charge in [0, 0.05) is 25.8 Å². The molecular weight excluding hydrogens is 260 g/mol. The van der Waals surface area contributed by atoms with Crippen LogP contribution in [0.15, 0.2) is 18.3 Å². The molecule has 0 spiro atoms. The Hall–Kier alpha value is -1.82. The van der Waals surface area contributed by atoms with Gasteiger partial charge < -0.3 is 19.3 Å².